The minimum absolute atomic E-state index is 0.00107. The maximum absolute atomic E-state index is 12.4. The van der Waals surface area contributed by atoms with Crippen LogP contribution in [-0.4, -0.2) is 62.3 Å². The maximum Gasteiger partial charge on any atom is 0.212 e. The van der Waals surface area contributed by atoms with Gasteiger partial charge in [-0.2, -0.15) is 4.31 Å². The van der Waals surface area contributed by atoms with Crippen molar-refractivity contribution in [3.05, 3.63) is 22.4 Å². The number of nitrogens with zero attached hydrogens (tertiary/aromatic N) is 2. The van der Waals surface area contributed by atoms with Crippen LogP contribution in [-0.2, 0) is 21.3 Å². The largest absolute Gasteiger partial charge is 0.383 e. The highest BCUT2D eigenvalue weighted by Crippen LogP contribution is 2.43. The first-order chi connectivity index (χ1) is 10.9. The van der Waals surface area contributed by atoms with E-state index in [0.29, 0.717) is 6.61 Å². The van der Waals surface area contributed by atoms with Gasteiger partial charge >= 0.3 is 0 Å². The zero-order valence-electron chi connectivity index (χ0n) is 13.9. The molecule has 5 nitrogen and oxygen atoms in total. The Morgan fingerprint density at radius 3 is 2.65 bits per heavy atom. The van der Waals surface area contributed by atoms with Crippen LogP contribution in [0, 0.1) is 0 Å². The Labute approximate surface area is 143 Å². The van der Waals surface area contributed by atoms with Crippen molar-refractivity contribution >= 4 is 21.4 Å². The van der Waals surface area contributed by atoms with Crippen LogP contribution in [0.2, 0.25) is 0 Å². The highest BCUT2D eigenvalue weighted by atomic mass is 32.2. The van der Waals surface area contributed by atoms with Crippen LogP contribution in [0.25, 0.3) is 0 Å². The Bertz CT molecular complexity index is 607. The minimum atomic E-state index is -3.21. The summed E-state index contributed by atoms with van der Waals surface area (Å²) in [5.41, 5.74) is -0.192. The lowest BCUT2D eigenvalue weighted by atomic mass is 9.86. The van der Waals surface area contributed by atoms with E-state index in [1.165, 1.54) is 11.1 Å². The van der Waals surface area contributed by atoms with Gasteiger partial charge in [0.05, 0.1) is 12.9 Å². The van der Waals surface area contributed by atoms with E-state index in [1.807, 2.05) is 0 Å². The Morgan fingerprint density at radius 2 is 2.09 bits per heavy atom. The van der Waals surface area contributed by atoms with E-state index in [0.717, 1.165) is 45.3 Å². The molecule has 3 rings (SSSR count). The molecule has 1 atom stereocenters. The van der Waals surface area contributed by atoms with E-state index in [2.05, 4.69) is 22.4 Å². The number of rotatable bonds is 5. The molecule has 0 bridgehead atoms. The maximum atomic E-state index is 12.4. The lowest BCUT2D eigenvalue weighted by Gasteiger charge is -2.45. The van der Waals surface area contributed by atoms with Crippen molar-refractivity contribution in [1.82, 2.24) is 9.21 Å². The van der Waals surface area contributed by atoms with Gasteiger partial charge in [-0.05, 0) is 37.1 Å². The molecule has 0 aliphatic carbocycles. The molecule has 2 aliphatic heterocycles. The third-order valence-electron chi connectivity index (χ3n) is 5.20. The SMILES string of the molecule is COC[C@@H]1CCC2(CCN(Cc3cccs3)CC2)N1S(C)(=O)=O. The van der Waals surface area contributed by atoms with Crippen molar-refractivity contribution in [1.29, 1.82) is 0 Å². The fraction of sp³-hybridized carbons (Fsp3) is 0.750. The second-order valence-electron chi connectivity index (χ2n) is 6.79. The number of hydrogen-bond acceptors (Lipinski definition) is 5. The molecule has 130 valence electrons. The van der Waals surface area contributed by atoms with E-state index in [4.69, 9.17) is 4.74 Å². The fourth-order valence-corrected chi connectivity index (χ4v) is 6.67. The minimum Gasteiger partial charge on any atom is -0.383 e. The third kappa shape index (κ3) is 3.64. The summed E-state index contributed by atoms with van der Waals surface area (Å²) in [5.74, 6) is 0. The predicted molar refractivity (Wildman–Crippen MR) is 93.1 cm³/mol. The second kappa shape index (κ2) is 6.80. The van der Waals surface area contributed by atoms with Gasteiger partial charge in [0, 0.05) is 43.2 Å². The summed E-state index contributed by atoms with van der Waals surface area (Å²) in [4.78, 5) is 3.82. The van der Waals surface area contributed by atoms with E-state index < -0.39 is 10.0 Å². The standard InChI is InChI=1S/C16H26N2O3S2/c1-21-13-14-5-6-16(18(14)23(2,19)20)7-9-17(10-8-16)12-15-4-3-11-22-15/h3-4,11,14H,5-10,12-13H2,1-2H3/t14-/m0/s1. The molecule has 0 saturated carbocycles. The number of ether oxygens (including phenoxy) is 1. The third-order valence-corrected chi connectivity index (χ3v) is 7.47. The van der Waals surface area contributed by atoms with Gasteiger partial charge < -0.3 is 4.74 Å². The summed E-state index contributed by atoms with van der Waals surface area (Å²) in [6.07, 6.45) is 5.06. The predicted octanol–water partition coefficient (Wildman–Crippen LogP) is 2.15. The van der Waals surface area contributed by atoms with Crippen LogP contribution in [0.5, 0.6) is 0 Å². The van der Waals surface area contributed by atoms with E-state index in [1.54, 1.807) is 22.8 Å². The van der Waals surface area contributed by atoms with Gasteiger partial charge in [-0.15, -0.1) is 11.3 Å². The lowest BCUT2D eigenvalue weighted by Crippen LogP contribution is -2.56. The molecule has 3 heterocycles. The van der Waals surface area contributed by atoms with Crippen LogP contribution in [0.4, 0.5) is 0 Å². The molecule has 0 amide bonds. The number of hydrogen-bond donors (Lipinski definition) is 0. The Morgan fingerprint density at radius 1 is 1.35 bits per heavy atom. The van der Waals surface area contributed by atoms with E-state index >= 15 is 0 Å². The quantitative estimate of drug-likeness (QED) is 0.809. The van der Waals surface area contributed by atoms with Crippen molar-refractivity contribution in [2.45, 2.75) is 43.8 Å². The van der Waals surface area contributed by atoms with Gasteiger partial charge in [-0.3, -0.25) is 4.90 Å². The normalized spacial score (nSPS) is 26.1. The molecule has 2 saturated heterocycles. The fourth-order valence-electron chi connectivity index (χ4n) is 4.24. The monoisotopic (exact) mass is 358 g/mol. The molecule has 2 fully saturated rings. The van der Waals surface area contributed by atoms with Crippen molar-refractivity contribution in [3.63, 3.8) is 0 Å². The summed E-state index contributed by atoms with van der Waals surface area (Å²) < 4.78 is 31.8. The summed E-state index contributed by atoms with van der Waals surface area (Å²) in [6.45, 7) is 3.40. The van der Waals surface area contributed by atoms with Crippen molar-refractivity contribution < 1.29 is 13.2 Å². The molecular formula is C16H26N2O3S2. The molecule has 0 radical (unpaired) electrons. The number of methoxy groups -OCH3 is 1. The summed E-state index contributed by atoms with van der Waals surface area (Å²) in [6, 6.07) is 4.25. The van der Waals surface area contributed by atoms with Crippen LogP contribution >= 0.6 is 11.3 Å². The average molecular weight is 359 g/mol. The van der Waals surface area contributed by atoms with Gasteiger partial charge in [0.1, 0.15) is 0 Å². The van der Waals surface area contributed by atoms with E-state index in [9.17, 15) is 8.42 Å². The molecule has 0 N–H and O–H groups in total. The van der Waals surface area contributed by atoms with Gasteiger partial charge in [0.15, 0.2) is 0 Å². The highest BCUT2D eigenvalue weighted by molar-refractivity contribution is 7.88. The van der Waals surface area contributed by atoms with Gasteiger partial charge in [0.2, 0.25) is 10.0 Å². The molecule has 1 aromatic heterocycles. The van der Waals surface area contributed by atoms with Crippen LogP contribution in [0.3, 0.4) is 0 Å². The first-order valence-electron chi connectivity index (χ1n) is 8.18. The smallest absolute Gasteiger partial charge is 0.212 e. The molecular weight excluding hydrogens is 332 g/mol. The molecule has 23 heavy (non-hydrogen) atoms. The molecule has 7 heteroatoms. The van der Waals surface area contributed by atoms with Gasteiger partial charge in [0.25, 0.3) is 0 Å². The van der Waals surface area contributed by atoms with Gasteiger partial charge in [-0.1, -0.05) is 6.07 Å². The van der Waals surface area contributed by atoms with Gasteiger partial charge in [-0.25, -0.2) is 8.42 Å². The molecule has 0 aromatic carbocycles. The van der Waals surface area contributed by atoms with Crippen molar-refractivity contribution in [2.75, 3.05) is 33.1 Å². The summed E-state index contributed by atoms with van der Waals surface area (Å²) >= 11 is 1.79. The molecule has 1 spiro atoms. The Balaban J connectivity index is 1.70. The van der Waals surface area contributed by atoms with Crippen molar-refractivity contribution in [2.24, 2.45) is 0 Å². The second-order valence-corrected chi connectivity index (χ2v) is 9.68. The number of thiophene rings is 1. The molecule has 0 unspecified atom stereocenters. The Kier molecular flexibility index (Phi) is 5.13. The average Bonchev–Trinajstić information content (AvgIpc) is 3.10. The van der Waals surface area contributed by atoms with Crippen molar-refractivity contribution in [3.8, 4) is 0 Å². The van der Waals surface area contributed by atoms with E-state index in [-0.39, 0.29) is 11.6 Å². The summed E-state index contributed by atoms with van der Waals surface area (Å²) in [7, 11) is -1.56. The number of piperidine rings is 1. The Hall–Kier alpha value is -0.470. The molecule has 2 aliphatic rings. The zero-order chi connectivity index (χ0) is 16.5. The number of sulfonamides is 1. The molecule has 1 aromatic rings. The number of likely N-dealkylation sites (tertiary alicyclic amines) is 1. The highest BCUT2D eigenvalue weighted by Gasteiger charge is 2.51. The van der Waals surface area contributed by atoms with Crippen LogP contribution in [0.15, 0.2) is 17.5 Å². The lowest BCUT2D eigenvalue weighted by molar-refractivity contribution is 0.0661. The van der Waals surface area contributed by atoms with Crippen LogP contribution < -0.4 is 0 Å². The first kappa shape index (κ1) is 17.4. The topological polar surface area (TPSA) is 49.9 Å². The van der Waals surface area contributed by atoms with Crippen LogP contribution in [0.1, 0.15) is 30.6 Å². The zero-order valence-corrected chi connectivity index (χ0v) is 15.5. The summed E-state index contributed by atoms with van der Waals surface area (Å²) in [5, 5.41) is 2.11. The first-order valence-corrected chi connectivity index (χ1v) is 10.9.